The smallest absolute Gasteiger partial charge is 0.131 e. The molecule has 0 saturated heterocycles. The number of rotatable bonds is 11. The van der Waals surface area contributed by atoms with Gasteiger partial charge in [-0.25, -0.2) is 0 Å². The molecule has 4 heteroatoms. The highest BCUT2D eigenvalue weighted by atomic mass is 16.5. The van der Waals surface area contributed by atoms with Crippen LogP contribution in [0.3, 0.4) is 0 Å². The third-order valence-corrected chi connectivity index (χ3v) is 12.8. The highest BCUT2D eigenvalue weighted by molar-refractivity contribution is 6.14. The van der Waals surface area contributed by atoms with Crippen molar-refractivity contribution in [3.8, 4) is 67.5 Å². The van der Waals surface area contributed by atoms with Gasteiger partial charge in [-0.2, -0.15) is 0 Å². The molecular weight excluding hydrogens is 785 g/mol. The van der Waals surface area contributed by atoms with Crippen molar-refractivity contribution in [3.05, 3.63) is 186 Å². The van der Waals surface area contributed by atoms with Gasteiger partial charge in [0.15, 0.2) is 0 Å². The van der Waals surface area contributed by atoms with E-state index in [4.69, 9.17) is 9.47 Å². The van der Waals surface area contributed by atoms with Crippen LogP contribution in [0.25, 0.3) is 82.9 Å². The summed E-state index contributed by atoms with van der Waals surface area (Å²) >= 11 is 0. The molecule has 9 aromatic carbocycles. The van der Waals surface area contributed by atoms with E-state index in [-0.39, 0.29) is 23.7 Å². The number of benzene rings is 9. The molecule has 0 radical (unpaired) electrons. The van der Waals surface area contributed by atoms with Gasteiger partial charge >= 0.3 is 0 Å². The first-order valence-electron chi connectivity index (χ1n) is 22.5. The van der Waals surface area contributed by atoms with Crippen LogP contribution in [0.2, 0.25) is 0 Å². The van der Waals surface area contributed by atoms with Crippen LogP contribution in [0, 0.1) is 13.8 Å². The van der Waals surface area contributed by atoms with Gasteiger partial charge in [0.05, 0.1) is 12.2 Å². The zero-order valence-corrected chi connectivity index (χ0v) is 36.9. The Labute approximate surface area is 375 Å². The minimum absolute atomic E-state index is 0.136. The molecule has 0 bridgehead atoms. The van der Waals surface area contributed by atoms with Crippen molar-refractivity contribution in [2.75, 3.05) is 0 Å². The molecule has 1 aliphatic carbocycles. The summed E-state index contributed by atoms with van der Waals surface area (Å²) in [6.07, 6.45) is 7.67. The molecule has 1 aliphatic rings. The molecule has 2 atom stereocenters. The minimum atomic E-state index is -0.139. The van der Waals surface area contributed by atoms with E-state index in [0.29, 0.717) is 0 Å². The van der Waals surface area contributed by atoms with Crippen molar-refractivity contribution in [3.63, 3.8) is 0 Å². The Bertz CT molecular complexity index is 3210. The van der Waals surface area contributed by atoms with Crippen LogP contribution < -0.4 is 9.47 Å². The summed E-state index contributed by atoms with van der Waals surface area (Å²) in [5.41, 5.74) is 11.5. The Hall–Kier alpha value is -7.30. The number of para-hydroxylation sites is 2. The lowest BCUT2D eigenvalue weighted by molar-refractivity contribution is 0.161. The Morgan fingerprint density at radius 3 is 1.42 bits per heavy atom. The summed E-state index contributed by atoms with van der Waals surface area (Å²) in [5.74, 6) is 1.93. The van der Waals surface area contributed by atoms with Crippen LogP contribution in [-0.2, 0) is 6.42 Å². The first kappa shape index (κ1) is 40.8. The summed E-state index contributed by atoms with van der Waals surface area (Å²) in [4.78, 5) is 0. The Kier molecular flexibility index (Phi) is 10.9. The molecule has 4 nitrogen and oxygen atoms in total. The van der Waals surface area contributed by atoms with E-state index in [0.717, 1.165) is 120 Å². The number of aromatic hydroxyl groups is 2. The average Bonchev–Trinajstić information content (AvgIpc) is 3.31. The van der Waals surface area contributed by atoms with Crippen LogP contribution in [0.4, 0.5) is 0 Å². The van der Waals surface area contributed by atoms with Gasteiger partial charge in [0.1, 0.15) is 23.0 Å². The van der Waals surface area contributed by atoms with Crippen molar-refractivity contribution in [2.24, 2.45) is 0 Å². The second-order valence-corrected chi connectivity index (χ2v) is 17.5. The van der Waals surface area contributed by atoms with Gasteiger partial charge in [0.25, 0.3) is 0 Å². The first-order valence-corrected chi connectivity index (χ1v) is 22.5. The lowest BCUT2D eigenvalue weighted by atomic mass is 9.84. The molecule has 64 heavy (non-hydrogen) atoms. The standard InChI is InChI=1S/C60H52O4/c1-37-31-51(59(61)53(33-37)57-45-21-9-5-17-41(45)35-42-18-6-10-22-46(42)57)49-25-13-15-27-55(49)63-39(3)29-30-40(4)64-56-28-16-14-26-50(56)52-32-38(2)34-54(60(52)62)58-47-23-11-7-19-43(47)36-44-20-8-12-24-48(44)58/h5-7,9-19,21-28,31-36,39-40,61-62H,8,20,29-30H2,1-4H3/t39-,40-/m1/s1. The van der Waals surface area contributed by atoms with E-state index in [9.17, 15) is 10.2 Å². The van der Waals surface area contributed by atoms with Crippen LogP contribution in [-0.4, -0.2) is 22.4 Å². The normalized spacial score (nSPS) is 13.2. The highest BCUT2D eigenvalue weighted by Gasteiger charge is 2.24. The summed E-state index contributed by atoms with van der Waals surface area (Å²) in [7, 11) is 0. The molecule has 9 aromatic rings. The largest absolute Gasteiger partial charge is 0.507 e. The average molecular weight is 837 g/mol. The summed E-state index contributed by atoms with van der Waals surface area (Å²) in [6, 6.07) is 54.1. The predicted octanol–water partition coefficient (Wildman–Crippen LogP) is 15.8. The lowest BCUT2D eigenvalue weighted by Crippen LogP contribution is -2.18. The van der Waals surface area contributed by atoms with Gasteiger partial charge < -0.3 is 19.7 Å². The second-order valence-electron chi connectivity index (χ2n) is 17.5. The fourth-order valence-electron chi connectivity index (χ4n) is 9.81. The molecule has 0 aliphatic heterocycles. The minimum Gasteiger partial charge on any atom is -0.507 e. The number of hydrogen-bond acceptors (Lipinski definition) is 4. The van der Waals surface area contributed by atoms with Gasteiger partial charge in [0.2, 0.25) is 0 Å². The zero-order chi connectivity index (χ0) is 43.9. The molecule has 0 unspecified atom stereocenters. The van der Waals surface area contributed by atoms with E-state index in [1.54, 1.807) is 0 Å². The van der Waals surface area contributed by atoms with Gasteiger partial charge in [-0.3, -0.25) is 0 Å². The van der Waals surface area contributed by atoms with E-state index >= 15 is 0 Å². The monoisotopic (exact) mass is 836 g/mol. The predicted molar refractivity (Wildman–Crippen MR) is 267 cm³/mol. The van der Waals surface area contributed by atoms with Gasteiger partial charge in [-0.05, 0) is 150 Å². The lowest BCUT2D eigenvalue weighted by Gasteiger charge is -2.23. The number of phenolic OH excluding ortho intramolecular Hbond substituents is 2. The summed E-state index contributed by atoms with van der Waals surface area (Å²) < 4.78 is 13.5. The third-order valence-electron chi connectivity index (χ3n) is 12.8. The topological polar surface area (TPSA) is 58.9 Å². The van der Waals surface area contributed by atoms with Gasteiger partial charge in [-0.1, -0.05) is 127 Å². The molecule has 0 fully saturated rings. The number of hydrogen-bond donors (Lipinski definition) is 2. The number of aryl methyl sites for hydroxylation is 3. The molecule has 2 N–H and O–H groups in total. The first-order chi connectivity index (χ1) is 31.2. The molecule has 0 aromatic heterocycles. The van der Waals surface area contributed by atoms with Crippen molar-refractivity contribution in [2.45, 2.75) is 65.6 Å². The van der Waals surface area contributed by atoms with Crippen LogP contribution in [0.15, 0.2) is 164 Å². The maximum absolute atomic E-state index is 12.2. The maximum Gasteiger partial charge on any atom is 0.131 e. The molecule has 10 rings (SSSR count). The fourth-order valence-corrected chi connectivity index (χ4v) is 9.81. The Balaban J connectivity index is 0.902. The van der Waals surface area contributed by atoms with Crippen molar-refractivity contribution < 1.29 is 19.7 Å². The Morgan fingerprint density at radius 1 is 0.469 bits per heavy atom. The molecule has 0 spiro atoms. The highest BCUT2D eigenvalue weighted by Crippen LogP contribution is 2.49. The SMILES string of the molecule is Cc1cc(-c2ccccc2O[C@H](C)CC[C@@H](C)Oc2ccccc2-c2cc(C)cc(-c3c4ccccc4cc4ccccc34)c2O)c(O)c(-c2c3c(cc4ccccc24)CCC=C3)c1. The van der Waals surface area contributed by atoms with E-state index in [1.807, 2.05) is 54.6 Å². The zero-order valence-electron chi connectivity index (χ0n) is 36.9. The molecular formula is C60H52O4. The summed E-state index contributed by atoms with van der Waals surface area (Å²) in [5, 5.41) is 31.2. The molecule has 0 heterocycles. The number of phenols is 2. The molecule has 316 valence electrons. The molecule has 0 amide bonds. The van der Waals surface area contributed by atoms with Crippen molar-refractivity contribution >= 4 is 38.4 Å². The van der Waals surface area contributed by atoms with Crippen molar-refractivity contribution in [1.29, 1.82) is 0 Å². The quantitative estimate of drug-likeness (QED) is 0.127. The summed E-state index contributed by atoms with van der Waals surface area (Å²) in [6.45, 7) is 8.36. The van der Waals surface area contributed by atoms with E-state index in [1.165, 1.54) is 16.5 Å². The van der Waals surface area contributed by atoms with Crippen LogP contribution >= 0.6 is 0 Å². The van der Waals surface area contributed by atoms with E-state index in [2.05, 4.69) is 143 Å². The van der Waals surface area contributed by atoms with Gasteiger partial charge in [0, 0.05) is 44.5 Å². The third kappa shape index (κ3) is 7.64. The molecule has 0 saturated carbocycles. The van der Waals surface area contributed by atoms with Crippen molar-refractivity contribution in [1.82, 2.24) is 0 Å². The van der Waals surface area contributed by atoms with Crippen LogP contribution in [0.1, 0.15) is 55.4 Å². The fraction of sp³-hybridized carbons (Fsp3) is 0.167. The maximum atomic E-state index is 12.2. The number of allylic oxidation sites excluding steroid dienone is 1. The Morgan fingerprint density at radius 2 is 0.891 bits per heavy atom. The van der Waals surface area contributed by atoms with E-state index < -0.39 is 0 Å². The van der Waals surface area contributed by atoms with Crippen LogP contribution in [0.5, 0.6) is 23.0 Å². The second kappa shape index (κ2) is 17.1. The van der Waals surface area contributed by atoms with Gasteiger partial charge in [-0.15, -0.1) is 0 Å². The number of ether oxygens (including phenoxy) is 2. The number of fused-ring (bicyclic) bond motifs is 4.